The fourth-order valence-electron chi connectivity index (χ4n) is 4.09. The van der Waals surface area contributed by atoms with Crippen molar-refractivity contribution in [2.45, 2.75) is 41.7 Å². The van der Waals surface area contributed by atoms with E-state index in [1.165, 1.54) is 24.3 Å². The molecule has 3 nitrogen and oxygen atoms in total. The molecule has 2 aromatic rings. The summed E-state index contributed by atoms with van der Waals surface area (Å²) in [4.78, 5) is 0.0586. The maximum absolute atomic E-state index is 14.8. The van der Waals surface area contributed by atoms with Gasteiger partial charge in [-0.3, -0.25) is 0 Å². The molecule has 3 rings (SSSR count). The molecule has 156 valence electrons. The van der Waals surface area contributed by atoms with Gasteiger partial charge in [-0.1, -0.05) is 11.6 Å². The van der Waals surface area contributed by atoms with Crippen LogP contribution in [-0.4, -0.2) is 15.5 Å². The zero-order chi connectivity index (χ0) is 21.1. The van der Waals surface area contributed by atoms with Gasteiger partial charge in [-0.15, -0.1) is 0 Å². The lowest BCUT2D eigenvalue weighted by Gasteiger charge is -2.40. The molecule has 29 heavy (non-hydrogen) atoms. The molecule has 0 radical (unpaired) electrons. The largest absolute Gasteiger partial charge is 0.505 e. The summed E-state index contributed by atoms with van der Waals surface area (Å²) in [5.74, 6) is -1.11. The monoisotopic (exact) mass is 440 g/mol. The number of rotatable bonds is 6. The summed E-state index contributed by atoms with van der Waals surface area (Å²) in [7, 11) is -2.43. The Morgan fingerprint density at radius 1 is 1.14 bits per heavy atom. The van der Waals surface area contributed by atoms with E-state index < -0.39 is 26.2 Å². The van der Waals surface area contributed by atoms with Crippen molar-refractivity contribution in [2.24, 2.45) is 5.92 Å². The van der Waals surface area contributed by atoms with Crippen LogP contribution in [-0.2, 0) is 19.3 Å². The van der Waals surface area contributed by atoms with Crippen LogP contribution in [0.3, 0.4) is 0 Å². The van der Waals surface area contributed by atoms with Crippen LogP contribution in [0, 0.1) is 17.6 Å². The van der Waals surface area contributed by atoms with Crippen molar-refractivity contribution < 1.29 is 21.9 Å². The molecule has 1 saturated carbocycles. The van der Waals surface area contributed by atoms with Gasteiger partial charge in [0.1, 0.15) is 16.4 Å². The standard InChI is InChI=1S/C22H23ClF2O3S/c1-28-14-2-3-16-10-12-22(13-11-16,20-15-18(24)6-9-21(20)25)29(26,27)19-7-4-17(23)5-8-19/h2,4-9,14-16H,3,10-13H2,1H3/b14-2+. The third-order valence-corrected chi connectivity index (χ3v) is 8.47. The second kappa shape index (κ2) is 8.84. The molecule has 0 aliphatic heterocycles. The number of hydrogen-bond donors (Lipinski definition) is 0. The van der Waals surface area contributed by atoms with Crippen LogP contribution in [0.4, 0.5) is 8.78 Å². The Kier molecular flexibility index (Phi) is 6.64. The van der Waals surface area contributed by atoms with Gasteiger partial charge in [0.2, 0.25) is 0 Å². The smallest absolute Gasteiger partial charge is 0.188 e. The Balaban J connectivity index is 2.05. The fraction of sp³-hybridized carbons (Fsp3) is 0.364. The lowest BCUT2D eigenvalue weighted by Crippen LogP contribution is -2.40. The maximum Gasteiger partial charge on any atom is 0.188 e. The van der Waals surface area contributed by atoms with E-state index in [2.05, 4.69) is 0 Å². The Morgan fingerprint density at radius 2 is 1.79 bits per heavy atom. The third kappa shape index (κ3) is 4.33. The van der Waals surface area contributed by atoms with Gasteiger partial charge in [0.15, 0.2) is 9.84 Å². The molecule has 1 fully saturated rings. The maximum atomic E-state index is 14.8. The lowest BCUT2D eigenvalue weighted by molar-refractivity contribution is 0.284. The number of methoxy groups -OCH3 is 1. The van der Waals surface area contributed by atoms with Crippen LogP contribution in [0.1, 0.15) is 37.7 Å². The first-order valence-corrected chi connectivity index (χ1v) is 11.3. The van der Waals surface area contributed by atoms with E-state index in [4.69, 9.17) is 16.3 Å². The minimum Gasteiger partial charge on any atom is -0.505 e. The fourth-order valence-corrected chi connectivity index (χ4v) is 6.38. The van der Waals surface area contributed by atoms with Crippen LogP contribution in [0.2, 0.25) is 5.02 Å². The number of hydrogen-bond acceptors (Lipinski definition) is 3. The SMILES string of the molecule is CO/C=C/CC1CCC(c2cc(F)ccc2F)(S(=O)(=O)c2ccc(Cl)cc2)CC1. The molecule has 7 heteroatoms. The first kappa shape index (κ1) is 21.8. The molecule has 0 amide bonds. The third-order valence-electron chi connectivity index (χ3n) is 5.67. The predicted molar refractivity (Wildman–Crippen MR) is 109 cm³/mol. The average Bonchev–Trinajstić information content (AvgIpc) is 2.71. The zero-order valence-electron chi connectivity index (χ0n) is 16.1. The summed E-state index contributed by atoms with van der Waals surface area (Å²) in [5.41, 5.74) is -0.0988. The molecule has 2 aromatic carbocycles. The molecular weight excluding hydrogens is 418 g/mol. The van der Waals surface area contributed by atoms with Crippen LogP contribution in [0.15, 0.2) is 59.7 Å². The van der Waals surface area contributed by atoms with Crippen molar-refractivity contribution in [2.75, 3.05) is 7.11 Å². The molecular formula is C22H23ClF2O3S. The van der Waals surface area contributed by atoms with Crippen molar-refractivity contribution in [1.29, 1.82) is 0 Å². The van der Waals surface area contributed by atoms with Crippen molar-refractivity contribution in [1.82, 2.24) is 0 Å². The molecule has 1 aliphatic carbocycles. The highest BCUT2D eigenvalue weighted by Crippen LogP contribution is 2.49. The molecule has 0 saturated heterocycles. The van der Waals surface area contributed by atoms with Gasteiger partial charge in [0, 0.05) is 10.6 Å². The molecule has 1 aliphatic rings. The van der Waals surface area contributed by atoms with E-state index in [-0.39, 0.29) is 29.2 Å². The van der Waals surface area contributed by atoms with E-state index >= 15 is 0 Å². The lowest BCUT2D eigenvalue weighted by atomic mass is 9.76. The van der Waals surface area contributed by atoms with Crippen molar-refractivity contribution >= 4 is 21.4 Å². The van der Waals surface area contributed by atoms with Gasteiger partial charge < -0.3 is 4.74 Å². The molecule has 0 unspecified atom stereocenters. The molecule has 0 N–H and O–H groups in total. The Labute approximate surface area is 175 Å². The Morgan fingerprint density at radius 3 is 2.41 bits per heavy atom. The van der Waals surface area contributed by atoms with E-state index in [0.29, 0.717) is 17.9 Å². The average molecular weight is 441 g/mol. The topological polar surface area (TPSA) is 43.4 Å². The van der Waals surface area contributed by atoms with E-state index in [0.717, 1.165) is 24.6 Å². The zero-order valence-corrected chi connectivity index (χ0v) is 17.6. The molecule has 0 atom stereocenters. The Bertz CT molecular complexity index is 980. The summed E-state index contributed by atoms with van der Waals surface area (Å²) < 4.78 is 59.5. The quantitative estimate of drug-likeness (QED) is 0.515. The van der Waals surface area contributed by atoms with Crippen molar-refractivity contribution in [3.63, 3.8) is 0 Å². The highest BCUT2D eigenvalue weighted by atomic mass is 35.5. The molecule has 0 bridgehead atoms. The van der Waals surface area contributed by atoms with Gasteiger partial charge >= 0.3 is 0 Å². The second-order valence-corrected chi connectivity index (χ2v) is 10.1. The summed E-state index contributed by atoms with van der Waals surface area (Å²) in [6, 6.07) is 8.85. The highest BCUT2D eigenvalue weighted by Gasteiger charge is 2.49. The first-order valence-electron chi connectivity index (χ1n) is 9.44. The van der Waals surface area contributed by atoms with Crippen molar-refractivity contribution in [3.8, 4) is 0 Å². The van der Waals surface area contributed by atoms with Crippen LogP contribution in [0.25, 0.3) is 0 Å². The number of ether oxygens (including phenoxy) is 1. The number of sulfone groups is 1. The minimum atomic E-state index is -3.99. The van der Waals surface area contributed by atoms with Crippen molar-refractivity contribution in [3.05, 3.63) is 77.0 Å². The number of halogens is 3. The van der Waals surface area contributed by atoms with Gasteiger partial charge in [0.25, 0.3) is 0 Å². The summed E-state index contributed by atoms with van der Waals surface area (Å²) in [6.45, 7) is 0. The van der Waals surface area contributed by atoms with E-state index in [1.807, 2.05) is 6.08 Å². The predicted octanol–water partition coefficient (Wildman–Crippen LogP) is 6.03. The van der Waals surface area contributed by atoms with Gasteiger partial charge in [-0.05, 0) is 86.6 Å². The normalized spacial score (nSPS) is 22.7. The second-order valence-electron chi connectivity index (χ2n) is 7.36. The van der Waals surface area contributed by atoms with Gasteiger partial charge in [0.05, 0.1) is 18.3 Å². The van der Waals surface area contributed by atoms with Gasteiger partial charge in [-0.25, -0.2) is 17.2 Å². The summed E-state index contributed by atoms with van der Waals surface area (Å²) >= 11 is 5.90. The van der Waals surface area contributed by atoms with Crippen LogP contribution < -0.4 is 0 Å². The van der Waals surface area contributed by atoms with Crippen LogP contribution >= 0.6 is 11.6 Å². The van der Waals surface area contributed by atoms with E-state index in [1.54, 1.807) is 13.4 Å². The molecule has 0 heterocycles. The van der Waals surface area contributed by atoms with Crippen LogP contribution in [0.5, 0.6) is 0 Å². The van der Waals surface area contributed by atoms with Gasteiger partial charge in [-0.2, -0.15) is 0 Å². The molecule has 0 aromatic heterocycles. The minimum absolute atomic E-state index is 0.0586. The summed E-state index contributed by atoms with van der Waals surface area (Å²) in [6.07, 6.45) is 5.82. The number of allylic oxidation sites excluding steroid dienone is 1. The summed E-state index contributed by atoms with van der Waals surface area (Å²) in [5, 5.41) is 0.406. The first-order chi connectivity index (χ1) is 13.8. The van der Waals surface area contributed by atoms with E-state index in [9.17, 15) is 17.2 Å². The Hall–Kier alpha value is -1.92. The number of benzene rings is 2. The highest BCUT2D eigenvalue weighted by molar-refractivity contribution is 7.92. The molecule has 0 spiro atoms.